The van der Waals surface area contributed by atoms with Gasteiger partial charge in [0.25, 0.3) is 0 Å². The first kappa shape index (κ1) is 14.2. The summed E-state index contributed by atoms with van der Waals surface area (Å²) in [6.45, 7) is 8.96. The predicted molar refractivity (Wildman–Crippen MR) is 64.8 cm³/mol. The molecule has 0 aliphatic carbocycles. The third-order valence-electron chi connectivity index (χ3n) is 2.10. The molecule has 3 heteroatoms. The van der Waals surface area contributed by atoms with Crippen molar-refractivity contribution in [1.29, 1.82) is 0 Å². The average molecular weight is 212 g/mol. The molecule has 15 heavy (non-hydrogen) atoms. The molecular weight excluding hydrogens is 188 g/mol. The highest BCUT2D eigenvalue weighted by Crippen LogP contribution is 2.05. The first-order valence-electron chi connectivity index (χ1n) is 5.49. The van der Waals surface area contributed by atoms with Gasteiger partial charge in [0.2, 0.25) is 5.91 Å². The van der Waals surface area contributed by atoms with Gasteiger partial charge in [0.05, 0.1) is 0 Å². The molecule has 0 aromatic carbocycles. The van der Waals surface area contributed by atoms with E-state index in [1.807, 2.05) is 57.7 Å². The van der Waals surface area contributed by atoms with E-state index in [1.165, 1.54) is 0 Å². The van der Waals surface area contributed by atoms with Crippen molar-refractivity contribution in [1.82, 2.24) is 9.80 Å². The SMILES string of the molecule is CC(C)N(C(=O)/C=C/CN(C)C)C(C)C. The molecule has 0 radical (unpaired) electrons. The maximum Gasteiger partial charge on any atom is 0.246 e. The van der Waals surface area contributed by atoms with Crippen LogP contribution in [0.25, 0.3) is 0 Å². The highest BCUT2D eigenvalue weighted by Gasteiger charge is 2.17. The summed E-state index contributed by atoms with van der Waals surface area (Å²) in [6, 6.07) is 0.503. The van der Waals surface area contributed by atoms with E-state index in [9.17, 15) is 4.79 Å². The minimum absolute atomic E-state index is 0.0989. The normalized spacial score (nSPS) is 12.1. The van der Waals surface area contributed by atoms with Gasteiger partial charge in [0.15, 0.2) is 0 Å². The quantitative estimate of drug-likeness (QED) is 0.648. The average Bonchev–Trinajstić information content (AvgIpc) is 2.01. The minimum Gasteiger partial charge on any atom is -0.334 e. The van der Waals surface area contributed by atoms with E-state index >= 15 is 0 Å². The van der Waals surface area contributed by atoms with Crippen molar-refractivity contribution in [3.63, 3.8) is 0 Å². The van der Waals surface area contributed by atoms with Crippen LogP contribution in [0.4, 0.5) is 0 Å². The molecule has 0 N–H and O–H groups in total. The topological polar surface area (TPSA) is 23.6 Å². The second-order valence-electron chi connectivity index (χ2n) is 4.60. The van der Waals surface area contributed by atoms with E-state index < -0.39 is 0 Å². The van der Waals surface area contributed by atoms with E-state index in [0.29, 0.717) is 0 Å². The van der Waals surface area contributed by atoms with E-state index in [0.717, 1.165) is 6.54 Å². The van der Waals surface area contributed by atoms with Gasteiger partial charge >= 0.3 is 0 Å². The zero-order valence-electron chi connectivity index (χ0n) is 10.8. The number of carbonyl (C=O) groups is 1. The van der Waals surface area contributed by atoms with Crippen molar-refractivity contribution >= 4 is 5.91 Å². The summed E-state index contributed by atoms with van der Waals surface area (Å²) < 4.78 is 0. The predicted octanol–water partition coefficient (Wildman–Crippen LogP) is 1.75. The highest BCUT2D eigenvalue weighted by atomic mass is 16.2. The number of hydrogen-bond donors (Lipinski definition) is 0. The molecule has 0 atom stereocenters. The summed E-state index contributed by atoms with van der Waals surface area (Å²) in [4.78, 5) is 15.7. The summed E-state index contributed by atoms with van der Waals surface area (Å²) >= 11 is 0. The Morgan fingerprint density at radius 2 is 1.60 bits per heavy atom. The Balaban J connectivity index is 4.33. The number of nitrogens with zero attached hydrogens (tertiary/aromatic N) is 2. The van der Waals surface area contributed by atoms with Gasteiger partial charge in [-0.3, -0.25) is 4.79 Å². The molecule has 0 aliphatic rings. The number of carbonyl (C=O) groups excluding carboxylic acids is 1. The Bertz CT molecular complexity index is 212. The zero-order chi connectivity index (χ0) is 12.0. The summed E-state index contributed by atoms with van der Waals surface area (Å²) in [5, 5.41) is 0. The molecule has 0 aromatic heterocycles. The van der Waals surface area contributed by atoms with Crippen LogP contribution in [0, 0.1) is 0 Å². The van der Waals surface area contributed by atoms with Crippen molar-refractivity contribution in [2.24, 2.45) is 0 Å². The number of amides is 1. The fourth-order valence-corrected chi connectivity index (χ4v) is 1.56. The number of likely N-dealkylation sites (N-methyl/N-ethyl adjacent to an activating group) is 1. The molecular formula is C12H24N2O. The third kappa shape index (κ3) is 5.57. The third-order valence-corrected chi connectivity index (χ3v) is 2.10. The van der Waals surface area contributed by atoms with Gasteiger partial charge in [-0.2, -0.15) is 0 Å². The van der Waals surface area contributed by atoms with Crippen molar-refractivity contribution in [2.75, 3.05) is 20.6 Å². The minimum atomic E-state index is 0.0989. The molecule has 0 spiro atoms. The molecule has 0 heterocycles. The van der Waals surface area contributed by atoms with Crippen LogP contribution in [0.2, 0.25) is 0 Å². The first-order valence-corrected chi connectivity index (χ1v) is 5.49. The van der Waals surface area contributed by atoms with Crippen LogP contribution in [0.3, 0.4) is 0 Å². The first-order chi connectivity index (χ1) is 6.86. The van der Waals surface area contributed by atoms with Crippen LogP contribution < -0.4 is 0 Å². The monoisotopic (exact) mass is 212 g/mol. The summed E-state index contributed by atoms with van der Waals surface area (Å²) in [7, 11) is 3.97. The van der Waals surface area contributed by atoms with E-state index in [2.05, 4.69) is 0 Å². The van der Waals surface area contributed by atoms with Crippen LogP contribution in [0.5, 0.6) is 0 Å². The lowest BCUT2D eigenvalue weighted by Gasteiger charge is -2.29. The fourth-order valence-electron chi connectivity index (χ4n) is 1.56. The van der Waals surface area contributed by atoms with Crippen molar-refractivity contribution in [2.45, 2.75) is 39.8 Å². The van der Waals surface area contributed by atoms with Crippen LogP contribution in [0.15, 0.2) is 12.2 Å². The second-order valence-corrected chi connectivity index (χ2v) is 4.60. The van der Waals surface area contributed by atoms with Gasteiger partial charge < -0.3 is 9.80 Å². The largest absolute Gasteiger partial charge is 0.334 e. The maximum atomic E-state index is 11.8. The number of rotatable bonds is 5. The summed E-state index contributed by atoms with van der Waals surface area (Å²) in [5.41, 5.74) is 0. The highest BCUT2D eigenvalue weighted by molar-refractivity contribution is 5.88. The Kier molecular flexibility index (Phi) is 6.25. The molecule has 0 saturated carbocycles. The molecule has 0 fully saturated rings. The van der Waals surface area contributed by atoms with Crippen LogP contribution in [-0.4, -0.2) is 48.4 Å². The molecule has 0 aliphatic heterocycles. The van der Waals surface area contributed by atoms with Crippen molar-refractivity contribution in [3.05, 3.63) is 12.2 Å². The molecule has 0 rings (SSSR count). The molecule has 88 valence electrons. The van der Waals surface area contributed by atoms with Crippen LogP contribution in [0.1, 0.15) is 27.7 Å². The van der Waals surface area contributed by atoms with Gasteiger partial charge in [0, 0.05) is 24.7 Å². The van der Waals surface area contributed by atoms with E-state index in [1.54, 1.807) is 6.08 Å². The second kappa shape index (κ2) is 6.62. The Morgan fingerprint density at radius 3 is 1.93 bits per heavy atom. The smallest absolute Gasteiger partial charge is 0.246 e. The van der Waals surface area contributed by atoms with Gasteiger partial charge in [-0.15, -0.1) is 0 Å². The summed E-state index contributed by atoms with van der Waals surface area (Å²) in [5.74, 6) is 0.0989. The van der Waals surface area contributed by atoms with E-state index in [-0.39, 0.29) is 18.0 Å². The Labute approximate surface area is 93.7 Å². The molecule has 0 saturated heterocycles. The maximum absolute atomic E-state index is 11.8. The van der Waals surface area contributed by atoms with Crippen molar-refractivity contribution in [3.8, 4) is 0 Å². The van der Waals surface area contributed by atoms with Gasteiger partial charge in [0.1, 0.15) is 0 Å². The molecule has 0 bridgehead atoms. The van der Waals surface area contributed by atoms with Gasteiger partial charge in [-0.25, -0.2) is 0 Å². The molecule has 0 aromatic rings. The molecule has 3 nitrogen and oxygen atoms in total. The van der Waals surface area contributed by atoms with Gasteiger partial charge in [-0.1, -0.05) is 6.08 Å². The lowest BCUT2D eigenvalue weighted by atomic mass is 10.2. The standard InChI is InChI=1S/C12H24N2O/c1-10(2)14(11(3)4)12(15)8-7-9-13(5)6/h7-8,10-11H,9H2,1-6H3/b8-7+. The lowest BCUT2D eigenvalue weighted by Crippen LogP contribution is -2.41. The van der Waals surface area contributed by atoms with Crippen molar-refractivity contribution < 1.29 is 4.79 Å². The number of hydrogen-bond acceptors (Lipinski definition) is 2. The van der Waals surface area contributed by atoms with Gasteiger partial charge in [-0.05, 0) is 41.8 Å². The Hall–Kier alpha value is -0.830. The lowest BCUT2D eigenvalue weighted by molar-refractivity contribution is -0.129. The fraction of sp³-hybridized carbons (Fsp3) is 0.750. The van der Waals surface area contributed by atoms with E-state index in [4.69, 9.17) is 0 Å². The molecule has 1 amide bonds. The Morgan fingerprint density at radius 1 is 1.13 bits per heavy atom. The van der Waals surface area contributed by atoms with Crippen LogP contribution in [-0.2, 0) is 4.79 Å². The van der Waals surface area contributed by atoms with Crippen LogP contribution >= 0.6 is 0 Å². The summed E-state index contributed by atoms with van der Waals surface area (Å²) in [6.07, 6.45) is 3.57. The zero-order valence-corrected chi connectivity index (χ0v) is 10.8. The molecule has 0 unspecified atom stereocenters.